The van der Waals surface area contributed by atoms with Gasteiger partial charge in [-0.25, -0.2) is 12.8 Å². The van der Waals surface area contributed by atoms with Crippen LogP contribution in [0.1, 0.15) is 31.9 Å². The molecule has 2 amide bonds. The van der Waals surface area contributed by atoms with E-state index in [1.54, 1.807) is 36.4 Å². The van der Waals surface area contributed by atoms with Gasteiger partial charge in [0.05, 0.1) is 24.8 Å². The Kier molecular flexibility index (Phi) is 11.3. The van der Waals surface area contributed by atoms with Gasteiger partial charge in [0.2, 0.25) is 11.8 Å². The number of hydrogen-bond donors (Lipinski definition) is 1. The molecule has 47 heavy (non-hydrogen) atoms. The molecule has 0 saturated heterocycles. The van der Waals surface area contributed by atoms with Crippen molar-refractivity contribution in [3.63, 3.8) is 0 Å². The molecule has 11 heteroatoms. The van der Waals surface area contributed by atoms with Gasteiger partial charge in [0.15, 0.2) is 11.5 Å². The molecule has 0 bridgehead atoms. The molecule has 0 spiro atoms. The molecule has 0 aromatic heterocycles. The van der Waals surface area contributed by atoms with Crippen molar-refractivity contribution < 1.29 is 31.9 Å². The van der Waals surface area contributed by atoms with Crippen LogP contribution in [0.4, 0.5) is 10.1 Å². The van der Waals surface area contributed by atoms with E-state index in [9.17, 15) is 18.0 Å². The fraction of sp³-hybridized carbons (Fsp3) is 0.278. The lowest BCUT2D eigenvalue weighted by Crippen LogP contribution is -2.56. The average molecular weight is 662 g/mol. The third-order valence-electron chi connectivity index (χ3n) is 7.33. The van der Waals surface area contributed by atoms with Crippen molar-refractivity contribution >= 4 is 27.5 Å². The number of rotatable bonds is 13. The van der Waals surface area contributed by atoms with Crippen LogP contribution < -0.4 is 19.1 Å². The van der Waals surface area contributed by atoms with E-state index in [0.29, 0.717) is 5.75 Å². The van der Waals surface area contributed by atoms with Crippen molar-refractivity contribution in [3.05, 3.63) is 120 Å². The topological polar surface area (TPSA) is 105 Å². The van der Waals surface area contributed by atoms with Gasteiger partial charge in [-0.1, -0.05) is 66.7 Å². The van der Waals surface area contributed by atoms with Crippen molar-refractivity contribution in [3.8, 4) is 11.5 Å². The van der Waals surface area contributed by atoms with Crippen molar-refractivity contribution in [2.45, 2.75) is 50.2 Å². The second kappa shape index (κ2) is 15.1. The number of sulfonamides is 1. The molecule has 0 unspecified atom stereocenters. The normalized spacial score (nSPS) is 12.1. The minimum absolute atomic E-state index is 0.108. The lowest BCUT2D eigenvalue weighted by atomic mass is 10.0. The SMILES string of the molecule is COc1ccc(S(=O)(=O)N(CC(=O)N(Cc2ccccc2F)[C@H](Cc2ccccc2)C(=O)NC(C)(C)C)c2ccccc2)cc1OC. The van der Waals surface area contributed by atoms with Gasteiger partial charge >= 0.3 is 0 Å². The maximum Gasteiger partial charge on any atom is 0.264 e. The maximum atomic E-state index is 15.1. The molecular formula is C36H40FN3O6S. The summed E-state index contributed by atoms with van der Waals surface area (Å²) in [5.41, 5.74) is 0.522. The molecule has 0 fully saturated rings. The van der Waals surface area contributed by atoms with Crippen molar-refractivity contribution in [2.75, 3.05) is 25.1 Å². The summed E-state index contributed by atoms with van der Waals surface area (Å²) in [6, 6.07) is 26.4. The first-order valence-corrected chi connectivity index (χ1v) is 16.5. The monoisotopic (exact) mass is 661 g/mol. The van der Waals surface area contributed by atoms with Gasteiger partial charge in [0, 0.05) is 30.1 Å². The van der Waals surface area contributed by atoms with Gasteiger partial charge in [-0.15, -0.1) is 0 Å². The van der Waals surface area contributed by atoms with E-state index in [2.05, 4.69) is 5.32 Å². The molecular weight excluding hydrogens is 621 g/mol. The van der Waals surface area contributed by atoms with Crippen molar-refractivity contribution in [2.24, 2.45) is 0 Å². The number of ether oxygens (including phenoxy) is 2. The lowest BCUT2D eigenvalue weighted by Gasteiger charge is -2.35. The Morgan fingerprint density at radius 1 is 0.830 bits per heavy atom. The van der Waals surface area contributed by atoms with Gasteiger partial charge in [-0.05, 0) is 56.7 Å². The van der Waals surface area contributed by atoms with Crippen LogP contribution in [-0.2, 0) is 32.6 Å². The first-order valence-electron chi connectivity index (χ1n) is 15.0. The Labute approximate surface area is 276 Å². The van der Waals surface area contributed by atoms with Crippen LogP contribution in [0.3, 0.4) is 0 Å². The second-order valence-electron chi connectivity index (χ2n) is 11.9. The predicted molar refractivity (Wildman–Crippen MR) is 179 cm³/mol. The summed E-state index contributed by atoms with van der Waals surface area (Å²) in [6.07, 6.45) is 0.108. The number of anilines is 1. The number of nitrogens with one attached hydrogen (secondary N) is 1. The molecule has 9 nitrogen and oxygen atoms in total. The van der Waals surface area contributed by atoms with Crippen molar-refractivity contribution in [1.82, 2.24) is 10.2 Å². The average Bonchev–Trinajstić information content (AvgIpc) is 3.05. The van der Waals surface area contributed by atoms with Gasteiger partial charge in [-0.2, -0.15) is 0 Å². The highest BCUT2D eigenvalue weighted by molar-refractivity contribution is 7.92. The first-order chi connectivity index (χ1) is 22.3. The Balaban J connectivity index is 1.83. The van der Waals surface area contributed by atoms with E-state index in [-0.39, 0.29) is 34.9 Å². The fourth-order valence-electron chi connectivity index (χ4n) is 5.04. The molecule has 4 aromatic carbocycles. The molecule has 0 aliphatic heterocycles. The maximum absolute atomic E-state index is 15.1. The highest BCUT2D eigenvalue weighted by atomic mass is 32.2. The minimum Gasteiger partial charge on any atom is -0.493 e. The van der Waals surface area contributed by atoms with Crippen LogP contribution in [0, 0.1) is 5.82 Å². The molecule has 4 aromatic rings. The summed E-state index contributed by atoms with van der Waals surface area (Å²) in [5, 5.41) is 2.96. The van der Waals surface area contributed by atoms with Gasteiger partial charge < -0.3 is 19.7 Å². The Hall–Kier alpha value is -4.90. The summed E-state index contributed by atoms with van der Waals surface area (Å²) in [6.45, 7) is 4.50. The number of hydrogen-bond acceptors (Lipinski definition) is 6. The third-order valence-corrected chi connectivity index (χ3v) is 9.10. The number of carbonyl (C=O) groups excluding carboxylic acids is 2. The van der Waals surface area contributed by atoms with E-state index in [0.717, 1.165) is 9.87 Å². The molecule has 0 saturated carbocycles. The summed E-state index contributed by atoms with van der Waals surface area (Å²) in [4.78, 5) is 29.6. The quantitative estimate of drug-likeness (QED) is 0.200. The fourth-order valence-corrected chi connectivity index (χ4v) is 6.47. The predicted octanol–water partition coefficient (Wildman–Crippen LogP) is 5.59. The summed E-state index contributed by atoms with van der Waals surface area (Å²) in [5.74, 6) is -1.20. The Bertz CT molecular complexity index is 1780. The highest BCUT2D eigenvalue weighted by Crippen LogP contribution is 2.32. The smallest absolute Gasteiger partial charge is 0.264 e. The standard InChI is InChI=1S/C36H40FN3O6S/c1-36(2,3)38-35(42)31(22-26-14-8-6-9-15-26)39(24-27-16-12-13-19-30(27)37)34(41)25-40(28-17-10-7-11-18-28)47(43,44)29-20-21-32(45-4)33(23-29)46-5/h6-21,23,31H,22,24-25H2,1-5H3,(H,38,42)/t31-/m1/s1. The number of methoxy groups -OCH3 is 2. The second-order valence-corrected chi connectivity index (χ2v) is 13.8. The van der Waals surface area contributed by atoms with Crippen LogP contribution in [-0.4, -0.2) is 57.5 Å². The number of benzene rings is 4. The number of para-hydroxylation sites is 1. The molecule has 248 valence electrons. The zero-order chi connectivity index (χ0) is 34.2. The zero-order valence-corrected chi connectivity index (χ0v) is 28.0. The third kappa shape index (κ3) is 8.88. The minimum atomic E-state index is -4.38. The molecule has 0 aliphatic carbocycles. The number of halogens is 1. The Morgan fingerprint density at radius 3 is 2.02 bits per heavy atom. The molecule has 0 heterocycles. The molecule has 0 aliphatic rings. The lowest BCUT2D eigenvalue weighted by molar-refractivity contribution is -0.140. The van der Waals surface area contributed by atoms with Crippen LogP contribution in [0.25, 0.3) is 0 Å². The van der Waals surface area contributed by atoms with Crippen LogP contribution in [0.5, 0.6) is 11.5 Å². The van der Waals surface area contributed by atoms with E-state index in [1.807, 2.05) is 51.1 Å². The first kappa shape index (κ1) is 35.0. The Morgan fingerprint density at radius 2 is 1.43 bits per heavy atom. The van der Waals surface area contributed by atoms with E-state index >= 15 is 4.39 Å². The molecule has 0 radical (unpaired) electrons. The van der Waals surface area contributed by atoms with Crippen LogP contribution >= 0.6 is 0 Å². The molecule has 1 N–H and O–H groups in total. The van der Waals surface area contributed by atoms with Crippen LogP contribution in [0.2, 0.25) is 0 Å². The molecule has 4 rings (SSSR count). The summed E-state index contributed by atoms with van der Waals surface area (Å²) >= 11 is 0. The highest BCUT2D eigenvalue weighted by Gasteiger charge is 2.36. The molecule has 1 atom stereocenters. The van der Waals surface area contributed by atoms with Gasteiger partial charge in [0.25, 0.3) is 10.0 Å². The number of amides is 2. The van der Waals surface area contributed by atoms with Crippen molar-refractivity contribution in [1.29, 1.82) is 0 Å². The van der Waals surface area contributed by atoms with Gasteiger partial charge in [-0.3, -0.25) is 13.9 Å². The number of carbonyl (C=O) groups is 2. The summed E-state index contributed by atoms with van der Waals surface area (Å²) < 4.78 is 55.2. The van der Waals surface area contributed by atoms with E-state index in [4.69, 9.17) is 9.47 Å². The van der Waals surface area contributed by atoms with E-state index < -0.39 is 45.8 Å². The van der Waals surface area contributed by atoms with Crippen LogP contribution in [0.15, 0.2) is 108 Å². The largest absolute Gasteiger partial charge is 0.493 e. The zero-order valence-electron chi connectivity index (χ0n) is 27.1. The van der Waals surface area contributed by atoms with Gasteiger partial charge in [0.1, 0.15) is 18.4 Å². The van der Waals surface area contributed by atoms with E-state index in [1.165, 1.54) is 55.5 Å². The summed E-state index contributed by atoms with van der Waals surface area (Å²) in [7, 11) is -1.55. The number of nitrogens with zero attached hydrogens (tertiary/aromatic N) is 2.